The molecule has 1 nitrogen and oxygen atoms in total. The third-order valence-corrected chi connectivity index (χ3v) is 5.20. The van der Waals surface area contributed by atoms with Crippen LogP contribution in [0.1, 0.15) is 47.6 Å². The molecule has 27 heavy (non-hydrogen) atoms. The lowest BCUT2D eigenvalue weighted by Crippen LogP contribution is -2.32. The number of pyridine rings is 1. The predicted octanol–water partition coefficient (Wildman–Crippen LogP) is 6.07. The predicted molar refractivity (Wildman–Crippen MR) is 114 cm³/mol. The Morgan fingerprint density at radius 1 is 0.852 bits per heavy atom. The number of rotatable bonds is 5. The number of unbranched alkanes of at least 4 members (excludes halogenated alkanes) is 1. The summed E-state index contributed by atoms with van der Waals surface area (Å²) in [5, 5.41) is 0. The highest BCUT2D eigenvalue weighted by molar-refractivity contribution is 6.05. The number of nitrogens with zero attached hydrogens (tertiary/aromatic N) is 1. The van der Waals surface area contributed by atoms with Gasteiger partial charge < -0.3 is 0 Å². The van der Waals surface area contributed by atoms with Gasteiger partial charge in [0.2, 0.25) is 0 Å². The standard InChI is InChI=1S/C26H26N/c1-3-4-15-27-16-13-22(14-17-27)26-19-23(24-7-5-6-8-25(24)26)18-21-11-9-20(2)10-12-21/h5-14,16-19H,3-4,15H2,1-2H3/q+1/b23-18-. The van der Waals surface area contributed by atoms with Crippen LogP contribution in [0.4, 0.5) is 0 Å². The zero-order valence-corrected chi connectivity index (χ0v) is 16.2. The van der Waals surface area contributed by atoms with Crippen LogP contribution in [0.3, 0.4) is 0 Å². The molecular formula is C26H26N+. The van der Waals surface area contributed by atoms with Gasteiger partial charge in [0, 0.05) is 18.6 Å². The third kappa shape index (κ3) is 3.78. The van der Waals surface area contributed by atoms with Gasteiger partial charge in [-0.25, -0.2) is 4.57 Å². The quantitative estimate of drug-likeness (QED) is 0.491. The van der Waals surface area contributed by atoms with Gasteiger partial charge in [-0.1, -0.05) is 67.4 Å². The summed E-state index contributed by atoms with van der Waals surface area (Å²) >= 11 is 0. The van der Waals surface area contributed by atoms with Gasteiger partial charge in [0.15, 0.2) is 12.4 Å². The Morgan fingerprint density at radius 3 is 2.26 bits per heavy atom. The monoisotopic (exact) mass is 352 g/mol. The van der Waals surface area contributed by atoms with E-state index in [1.165, 1.54) is 51.8 Å². The molecule has 0 aliphatic heterocycles. The van der Waals surface area contributed by atoms with Crippen LogP contribution in [0.15, 0.2) is 79.1 Å². The fourth-order valence-corrected chi connectivity index (χ4v) is 3.61. The van der Waals surface area contributed by atoms with Crippen LogP contribution >= 0.6 is 0 Å². The number of hydrogen-bond donors (Lipinski definition) is 0. The Balaban J connectivity index is 1.71. The molecule has 1 heteroatoms. The van der Waals surface area contributed by atoms with Crippen molar-refractivity contribution in [3.05, 3.63) is 107 Å². The zero-order chi connectivity index (χ0) is 18.6. The Labute approximate surface area is 162 Å². The number of hydrogen-bond acceptors (Lipinski definition) is 0. The molecule has 3 aromatic rings. The molecule has 0 bridgehead atoms. The Bertz CT molecular complexity index is 989. The maximum Gasteiger partial charge on any atom is 0.169 e. The molecule has 2 aromatic carbocycles. The highest BCUT2D eigenvalue weighted by atomic mass is 14.9. The number of aryl methyl sites for hydroxylation is 2. The average Bonchev–Trinajstić information content (AvgIpc) is 3.07. The molecule has 0 saturated carbocycles. The lowest BCUT2D eigenvalue weighted by Gasteiger charge is -2.05. The van der Waals surface area contributed by atoms with Crippen molar-refractivity contribution in [3.63, 3.8) is 0 Å². The second-order valence-corrected chi connectivity index (χ2v) is 7.29. The van der Waals surface area contributed by atoms with E-state index in [1.54, 1.807) is 0 Å². The van der Waals surface area contributed by atoms with Crippen molar-refractivity contribution in [1.29, 1.82) is 0 Å². The van der Waals surface area contributed by atoms with E-state index < -0.39 is 0 Å². The van der Waals surface area contributed by atoms with E-state index in [4.69, 9.17) is 0 Å². The summed E-state index contributed by atoms with van der Waals surface area (Å²) in [7, 11) is 0. The van der Waals surface area contributed by atoms with Crippen LogP contribution in [-0.2, 0) is 6.54 Å². The number of aromatic nitrogens is 1. The van der Waals surface area contributed by atoms with Crippen molar-refractivity contribution in [2.24, 2.45) is 0 Å². The second kappa shape index (κ2) is 7.75. The van der Waals surface area contributed by atoms with Crippen molar-refractivity contribution in [2.75, 3.05) is 0 Å². The van der Waals surface area contributed by atoms with Crippen molar-refractivity contribution >= 4 is 17.2 Å². The topological polar surface area (TPSA) is 3.88 Å². The van der Waals surface area contributed by atoms with Gasteiger partial charge in [0.05, 0.1) is 0 Å². The zero-order valence-electron chi connectivity index (χ0n) is 16.2. The highest BCUT2D eigenvalue weighted by Crippen LogP contribution is 2.39. The molecule has 1 aromatic heterocycles. The molecule has 1 aliphatic rings. The van der Waals surface area contributed by atoms with Crippen molar-refractivity contribution in [1.82, 2.24) is 0 Å². The van der Waals surface area contributed by atoms with E-state index in [9.17, 15) is 0 Å². The minimum Gasteiger partial charge on any atom is -0.205 e. The van der Waals surface area contributed by atoms with Crippen LogP contribution in [0.25, 0.3) is 17.2 Å². The van der Waals surface area contributed by atoms with Gasteiger partial charge in [-0.05, 0) is 52.5 Å². The highest BCUT2D eigenvalue weighted by Gasteiger charge is 2.19. The molecule has 0 spiro atoms. The van der Waals surface area contributed by atoms with Gasteiger partial charge in [-0.3, -0.25) is 0 Å². The fraction of sp³-hybridized carbons (Fsp3) is 0.192. The van der Waals surface area contributed by atoms with Gasteiger partial charge in [-0.2, -0.15) is 0 Å². The van der Waals surface area contributed by atoms with Crippen LogP contribution < -0.4 is 4.57 Å². The summed E-state index contributed by atoms with van der Waals surface area (Å²) in [5.41, 5.74) is 9.05. The SMILES string of the molecule is CCCC[n+]1ccc(C2=C/C(=C/c3ccc(C)cc3)c3ccccc32)cc1. The molecule has 0 N–H and O–H groups in total. The van der Waals surface area contributed by atoms with E-state index >= 15 is 0 Å². The third-order valence-electron chi connectivity index (χ3n) is 5.20. The summed E-state index contributed by atoms with van der Waals surface area (Å²) in [4.78, 5) is 0. The van der Waals surface area contributed by atoms with E-state index in [0.29, 0.717) is 0 Å². The number of fused-ring (bicyclic) bond motifs is 1. The van der Waals surface area contributed by atoms with Crippen LogP contribution in [0.2, 0.25) is 0 Å². The maximum atomic E-state index is 2.33. The van der Waals surface area contributed by atoms with E-state index in [-0.39, 0.29) is 0 Å². The van der Waals surface area contributed by atoms with Gasteiger partial charge in [0.1, 0.15) is 6.54 Å². The van der Waals surface area contributed by atoms with E-state index in [2.05, 4.69) is 104 Å². The van der Waals surface area contributed by atoms with Crippen LogP contribution in [-0.4, -0.2) is 0 Å². The molecular weight excluding hydrogens is 326 g/mol. The normalized spacial score (nSPS) is 14.3. The summed E-state index contributed by atoms with van der Waals surface area (Å²) in [6, 6.07) is 21.9. The van der Waals surface area contributed by atoms with Gasteiger partial charge in [0.25, 0.3) is 0 Å². The van der Waals surface area contributed by atoms with Gasteiger partial charge in [-0.15, -0.1) is 0 Å². The molecule has 0 saturated heterocycles. The molecule has 0 unspecified atom stereocenters. The summed E-state index contributed by atoms with van der Waals surface area (Å²) in [6.07, 6.45) is 11.5. The smallest absolute Gasteiger partial charge is 0.169 e. The van der Waals surface area contributed by atoms with Crippen molar-refractivity contribution in [2.45, 2.75) is 33.2 Å². The van der Waals surface area contributed by atoms with Crippen LogP contribution in [0, 0.1) is 6.92 Å². The second-order valence-electron chi connectivity index (χ2n) is 7.29. The lowest BCUT2D eigenvalue weighted by atomic mass is 9.99. The number of allylic oxidation sites excluding steroid dienone is 2. The lowest BCUT2D eigenvalue weighted by molar-refractivity contribution is -0.697. The van der Waals surface area contributed by atoms with E-state index in [1.807, 2.05) is 0 Å². The minimum atomic E-state index is 1.09. The first kappa shape index (κ1) is 17.5. The molecule has 0 atom stereocenters. The molecule has 1 heterocycles. The Morgan fingerprint density at radius 2 is 1.56 bits per heavy atom. The first-order chi connectivity index (χ1) is 13.2. The largest absolute Gasteiger partial charge is 0.205 e. The molecule has 0 amide bonds. The van der Waals surface area contributed by atoms with Crippen LogP contribution in [0.5, 0.6) is 0 Å². The molecule has 134 valence electrons. The first-order valence-electron chi connectivity index (χ1n) is 9.84. The summed E-state index contributed by atoms with van der Waals surface area (Å²) < 4.78 is 2.28. The van der Waals surface area contributed by atoms with Crippen molar-refractivity contribution < 1.29 is 4.57 Å². The molecule has 0 radical (unpaired) electrons. The van der Waals surface area contributed by atoms with E-state index in [0.717, 1.165) is 6.54 Å². The molecule has 4 rings (SSSR count). The average molecular weight is 353 g/mol. The summed E-state index contributed by atoms with van der Waals surface area (Å²) in [5.74, 6) is 0. The maximum absolute atomic E-state index is 2.33. The molecule has 0 fully saturated rings. The summed E-state index contributed by atoms with van der Waals surface area (Å²) in [6.45, 7) is 5.45. The fourth-order valence-electron chi connectivity index (χ4n) is 3.61. The molecule has 1 aliphatic carbocycles. The first-order valence-corrected chi connectivity index (χ1v) is 9.84. The Hall–Kier alpha value is -2.93. The number of benzene rings is 2. The Kier molecular flexibility index (Phi) is 5.02. The minimum absolute atomic E-state index is 1.09. The van der Waals surface area contributed by atoms with Gasteiger partial charge >= 0.3 is 0 Å². The van der Waals surface area contributed by atoms with Crippen molar-refractivity contribution in [3.8, 4) is 0 Å².